The van der Waals surface area contributed by atoms with Gasteiger partial charge < -0.3 is 10.5 Å². The molecule has 2 rings (SSSR count). The number of nitrogens with two attached hydrogens (primary N) is 1. The Kier molecular flexibility index (Phi) is 4.02. The van der Waals surface area contributed by atoms with E-state index in [4.69, 9.17) is 10.5 Å². The molecule has 3 nitrogen and oxygen atoms in total. The number of esters is 1. The summed E-state index contributed by atoms with van der Waals surface area (Å²) < 4.78 is 5.27. The molecule has 0 saturated heterocycles. The lowest BCUT2D eigenvalue weighted by Crippen LogP contribution is -2.48. The van der Waals surface area contributed by atoms with E-state index in [1.807, 2.05) is 18.2 Å². The molecule has 1 unspecified atom stereocenters. The summed E-state index contributed by atoms with van der Waals surface area (Å²) in [7, 11) is 0. The van der Waals surface area contributed by atoms with Gasteiger partial charge in [-0.25, -0.2) is 0 Å². The topological polar surface area (TPSA) is 52.3 Å². The molecule has 1 aromatic carbocycles. The molecule has 1 aliphatic carbocycles. The summed E-state index contributed by atoms with van der Waals surface area (Å²) in [5.74, 6) is 0.0668. The van der Waals surface area contributed by atoms with E-state index in [1.54, 1.807) is 6.92 Å². The molecule has 1 aliphatic rings. The SMILES string of the molecule is CC(N)(C(=O)OCCCc1ccccc1)C1CC1. The molecular formula is C15H21NO2. The second-order valence-electron chi connectivity index (χ2n) is 5.28. The van der Waals surface area contributed by atoms with E-state index in [-0.39, 0.29) is 5.97 Å². The summed E-state index contributed by atoms with van der Waals surface area (Å²) in [6.07, 6.45) is 3.87. The smallest absolute Gasteiger partial charge is 0.326 e. The standard InChI is InChI=1S/C15H21NO2/c1-15(16,13-9-10-13)14(17)18-11-5-8-12-6-3-2-4-7-12/h2-4,6-7,13H,5,8-11,16H2,1H3. The maximum atomic E-state index is 11.8. The Morgan fingerprint density at radius 2 is 2.06 bits per heavy atom. The molecule has 1 saturated carbocycles. The minimum Gasteiger partial charge on any atom is -0.464 e. The van der Waals surface area contributed by atoms with Gasteiger partial charge >= 0.3 is 5.97 Å². The van der Waals surface area contributed by atoms with Crippen LogP contribution in [0, 0.1) is 5.92 Å². The van der Waals surface area contributed by atoms with Crippen molar-refractivity contribution in [1.29, 1.82) is 0 Å². The summed E-state index contributed by atoms with van der Waals surface area (Å²) in [4.78, 5) is 11.8. The Balaban J connectivity index is 1.68. The zero-order chi connectivity index (χ0) is 13.0. The van der Waals surface area contributed by atoms with Crippen molar-refractivity contribution in [2.75, 3.05) is 6.61 Å². The van der Waals surface area contributed by atoms with E-state index >= 15 is 0 Å². The second-order valence-corrected chi connectivity index (χ2v) is 5.28. The first-order valence-electron chi connectivity index (χ1n) is 6.61. The van der Waals surface area contributed by atoms with E-state index in [1.165, 1.54) is 5.56 Å². The van der Waals surface area contributed by atoms with E-state index in [2.05, 4.69) is 12.1 Å². The van der Waals surface area contributed by atoms with Crippen LogP contribution < -0.4 is 5.73 Å². The number of benzene rings is 1. The Hall–Kier alpha value is -1.35. The van der Waals surface area contributed by atoms with Crippen LogP contribution in [0.5, 0.6) is 0 Å². The van der Waals surface area contributed by atoms with Crippen LogP contribution in [0.4, 0.5) is 0 Å². The van der Waals surface area contributed by atoms with Gasteiger partial charge in [0.2, 0.25) is 0 Å². The molecule has 0 amide bonds. The van der Waals surface area contributed by atoms with E-state index in [0.29, 0.717) is 12.5 Å². The van der Waals surface area contributed by atoms with Crippen molar-refractivity contribution in [2.45, 2.75) is 38.1 Å². The van der Waals surface area contributed by atoms with Crippen LogP contribution >= 0.6 is 0 Å². The van der Waals surface area contributed by atoms with E-state index in [9.17, 15) is 4.79 Å². The monoisotopic (exact) mass is 247 g/mol. The van der Waals surface area contributed by atoms with Crippen LogP contribution in [0.2, 0.25) is 0 Å². The highest BCUT2D eigenvalue weighted by Crippen LogP contribution is 2.38. The lowest BCUT2D eigenvalue weighted by molar-refractivity contribution is -0.150. The van der Waals surface area contributed by atoms with Gasteiger partial charge in [0, 0.05) is 0 Å². The largest absolute Gasteiger partial charge is 0.464 e. The molecular weight excluding hydrogens is 226 g/mol. The van der Waals surface area contributed by atoms with Crippen molar-refractivity contribution in [2.24, 2.45) is 11.7 Å². The molecule has 0 bridgehead atoms. The number of carbonyl (C=O) groups excluding carboxylic acids is 1. The van der Waals surface area contributed by atoms with Gasteiger partial charge in [-0.1, -0.05) is 30.3 Å². The van der Waals surface area contributed by atoms with Gasteiger partial charge in [0.25, 0.3) is 0 Å². The average Bonchev–Trinajstić information content (AvgIpc) is 3.20. The molecule has 2 N–H and O–H groups in total. The highest BCUT2D eigenvalue weighted by molar-refractivity contribution is 5.80. The van der Waals surface area contributed by atoms with Gasteiger partial charge in [0.05, 0.1) is 6.61 Å². The van der Waals surface area contributed by atoms with Gasteiger partial charge in [0.1, 0.15) is 5.54 Å². The first kappa shape index (κ1) is 13.1. The molecule has 3 heteroatoms. The van der Waals surface area contributed by atoms with Crippen LogP contribution in [-0.2, 0) is 16.0 Å². The number of rotatable bonds is 6. The summed E-state index contributed by atoms with van der Waals surface area (Å²) in [5.41, 5.74) is 6.47. The fourth-order valence-electron chi connectivity index (χ4n) is 2.09. The van der Waals surface area contributed by atoms with E-state index in [0.717, 1.165) is 25.7 Å². The number of aryl methyl sites for hydroxylation is 1. The normalized spacial score (nSPS) is 18.1. The van der Waals surface area contributed by atoms with Crippen molar-refractivity contribution in [3.05, 3.63) is 35.9 Å². The zero-order valence-corrected chi connectivity index (χ0v) is 10.9. The average molecular weight is 247 g/mol. The van der Waals surface area contributed by atoms with Crippen molar-refractivity contribution in [3.63, 3.8) is 0 Å². The highest BCUT2D eigenvalue weighted by atomic mass is 16.5. The van der Waals surface area contributed by atoms with Gasteiger partial charge in [-0.15, -0.1) is 0 Å². The summed E-state index contributed by atoms with van der Waals surface area (Å²) in [5, 5.41) is 0. The van der Waals surface area contributed by atoms with E-state index < -0.39 is 5.54 Å². The molecule has 0 heterocycles. The Labute approximate surface area is 108 Å². The minimum atomic E-state index is -0.785. The third-order valence-electron chi connectivity index (χ3n) is 3.55. The predicted molar refractivity (Wildman–Crippen MR) is 71.0 cm³/mol. The third kappa shape index (κ3) is 3.33. The van der Waals surface area contributed by atoms with Crippen molar-refractivity contribution in [3.8, 4) is 0 Å². The molecule has 1 atom stereocenters. The van der Waals surface area contributed by atoms with Crippen LogP contribution in [0.3, 0.4) is 0 Å². The quantitative estimate of drug-likeness (QED) is 0.620. The van der Waals surface area contributed by atoms with Crippen LogP contribution in [0.25, 0.3) is 0 Å². The van der Waals surface area contributed by atoms with Gasteiger partial charge in [-0.3, -0.25) is 4.79 Å². The Morgan fingerprint density at radius 1 is 1.39 bits per heavy atom. The molecule has 98 valence electrons. The molecule has 1 aromatic rings. The van der Waals surface area contributed by atoms with Crippen molar-refractivity contribution < 1.29 is 9.53 Å². The van der Waals surface area contributed by atoms with Crippen molar-refractivity contribution in [1.82, 2.24) is 0 Å². The second kappa shape index (κ2) is 5.53. The fourth-order valence-corrected chi connectivity index (χ4v) is 2.09. The summed E-state index contributed by atoms with van der Waals surface area (Å²) in [6, 6.07) is 10.2. The Bertz CT molecular complexity index is 396. The predicted octanol–water partition coefficient (Wildman–Crippen LogP) is 2.29. The molecule has 1 fully saturated rings. The fraction of sp³-hybridized carbons (Fsp3) is 0.533. The van der Waals surface area contributed by atoms with Gasteiger partial charge in [0.15, 0.2) is 0 Å². The maximum Gasteiger partial charge on any atom is 0.326 e. The van der Waals surface area contributed by atoms with Crippen LogP contribution in [-0.4, -0.2) is 18.1 Å². The van der Waals surface area contributed by atoms with Crippen LogP contribution in [0.15, 0.2) is 30.3 Å². The Morgan fingerprint density at radius 3 is 2.67 bits per heavy atom. The lowest BCUT2D eigenvalue weighted by atomic mass is 9.98. The number of ether oxygens (including phenoxy) is 1. The number of hydrogen-bond donors (Lipinski definition) is 1. The summed E-state index contributed by atoms with van der Waals surface area (Å²) >= 11 is 0. The van der Waals surface area contributed by atoms with Gasteiger partial charge in [-0.2, -0.15) is 0 Å². The van der Waals surface area contributed by atoms with Crippen molar-refractivity contribution >= 4 is 5.97 Å². The minimum absolute atomic E-state index is 0.252. The first-order valence-corrected chi connectivity index (χ1v) is 6.61. The number of hydrogen-bond acceptors (Lipinski definition) is 3. The molecule has 18 heavy (non-hydrogen) atoms. The number of carbonyl (C=O) groups is 1. The molecule has 0 aromatic heterocycles. The first-order chi connectivity index (χ1) is 8.60. The maximum absolute atomic E-state index is 11.8. The van der Waals surface area contributed by atoms with Gasteiger partial charge in [-0.05, 0) is 44.1 Å². The molecule has 0 aliphatic heterocycles. The lowest BCUT2D eigenvalue weighted by Gasteiger charge is -2.21. The molecule has 0 radical (unpaired) electrons. The summed E-state index contributed by atoms with van der Waals surface area (Å²) in [6.45, 7) is 2.23. The third-order valence-corrected chi connectivity index (χ3v) is 3.55. The zero-order valence-electron chi connectivity index (χ0n) is 10.9. The highest BCUT2D eigenvalue weighted by Gasteiger charge is 2.45. The van der Waals surface area contributed by atoms with Crippen LogP contribution in [0.1, 0.15) is 31.7 Å². The molecule has 0 spiro atoms.